The molecule has 0 aliphatic carbocycles. The number of rotatable bonds is 2. The Morgan fingerprint density at radius 2 is 2.42 bits per heavy atom. The van der Waals surface area contributed by atoms with E-state index in [1.807, 2.05) is 0 Å². The van der Waals surface area contributed by atoms with Crippen LogP contribution in [0.15, 0.2) is 5.16 Å². The number of aliphatic carboxylic acids is 1. The zero-order chi connectivity index (χ0) is 9.30. The van der Waals surface area contributed by atoms with E-state index in [9.17, 15) is 4.79 Å². The molecule has 0 spiro atoms. The molecular formula is C5H7ClN2O4. The van der Waals surface area contributed by atoms with Crippen molar-refractivity contribution in [1.82, 2.24) is 0 Å². The normalized spacial score (nSPS) is 30.8. The highest BCUT2D eigenvalue weighted by atomic mass is 35.5. The van der Waals surface area contributed by atoms with Crippen molar-refractivity contribution in [2.45, 2.75) is 18.2 Å². The Balaban J connectivity index is 2.63. The number of hydrogen-bond donors (Lipinski definition) is 3. The molecule has 0 fully saturated rings. The Kier molecular flexibility index (Phi) is 2.51. The Labute approximate surface area is 72.5 Å². The number of carbonyl (C=O) groups is 1. The van der Waals surface area contributed by atoms with Gasteiger partial charge >= 0.3 is 5.97 Å². The van der Waals surface area contributed by atoms with Crippen molar-refractivity contribution in [2.24, 2.45) is 10.9 Å². The maximum atomic E-state index is 10.3. The standard InChI is InChI=1S/C5H7ClN2O4/c6-4-2(9)3(12-8-4)1(7)5(10)11/h1-3,9H,7H2,(H,10,11)/t1-,2-,3?/m0/s1. The van der Waals surface area contributed by atoms with Crippen molar-refractivity contribution in [1.29, 1.82) is 0 Å². The van der Waals surface area contributed by atoms with Crippen molar-refractivity contribution in [3.63, 3.8) is 0 Å². The molecule has 1 aliphatic rings. The fraction of sp³-hybridized carbons (Fsp3) is 0.600. The SMILES string of the molecule is N[C@H](C(=O)O)C1ON=C(Cl)[C@H]1O. The maximum Gasteiger partial charge on any atom is 0.324 e. The Hall–Kier alpha value is -0.850. The van der Waals surface area contributed by atoms with Crippen LogP contribution in [0.25, 0.3) is 0 Å². The summed E-state index contributed by atoms with van der Waals surface area (Å²) < 4.78 is 0. The lowest BCUT2D eigenvalue weighted by Gasteiger charge is -2.15. The minimum atomic E-state index is -1.33. The molecule has 7 heteroatoms. The van der Waals surface area contributed by atoms with Crippen LogP contribution in [0.3, 0.4) is 0 Å². The molecule has 0 radical (unpaired) electrons. The van der Waals surface area contributed by atoms with E-state index in [-0.39, 0.29) is 5.17 Å². The third kappa shape index (κ3) is 1.50. The van der Waals surface area contributed by atoms with E-state index in [1.165, 1.54) is 0 Å². The van der Waals surface area contributed by atoms with E-state index < -0.39 is 24.2 Å². The molecule has 6 nitrogen and oxygen atoms in total. The first-order valence-corrected chi connectivity index (χ1v) is 3.47. The van der Waals surface area contributed by atoms with Crippen LogP contribution in [0.2, 0.25) is 0 Å². The minimum Gasteiger partial charge on any atom is -0.480 e. The van der Waals surface area contributed by atoms with E-state index >= 15 is 0 Å². The van der Waals surface area contributed by atoms with Crippen LogP contribution in [0.1, 0.15) is 0 Å². The number of halogens is 1. The molecule has 0 saturated heterocycles. The zero-order valence-electron chi connectivity index (χ0n) is 5.85. The third-order valence-corrected chi connectivity index (χ3v) is 1.75. The van der Waals surface area contributed by atoms with E-state index in [0.29, 0.717) is 0 Å². The number of hydrogen-bond acceptors (Lipinski definition) is 5. The second-order valence-corrected chi connectivity index (χ2v) is 2.68. The molecule has 0 amide bonds. The van der Waals surface area contributed by atoms with Crippen molar-refractivity contribution in [2.75, 3.05) is 0 Å². The molecule has 4 N–H and O–H groups in total. The van der Waals surface area contributed by atoms with Crippen molar-refractivity contribution >= 4 is 22.7 Å². The van der Waals surface area contributed by atoms with Crippen LogP contribution in [0, 0.1) is 0 Å². The highest BCUT2D eigenvalue weighted by molar-refractivity contribution is 6.66. The molecule has 1 heterocycles. The molecule has 0 aromatic carbocycles. The summed E-state index contributed by atoms with van der Waals surface area (Å²) in [6, 6.07) is -1.33. The number of nitrogens with two attached hydrogens (primary N) is 1. The van der Waals surface area contributed by atoms with E-state index in [4.69, 9.17) is 27.5 Å². The van der Waals surface area contributed by atoms with Gasteiger partial charge in [-0.1, -0.05) is 16.8 Å². The van der Waals surface area contributed by atoms with Crippen LogP contribution < -0.4 is 5.73 Å². The molecule has 1 rings (SSSR count). The van der Waals surface area contributed by atoms with Gasteiger partial charge in [0.1, 0.15) is 6.04 Å². The number of oxime groups is 1. The number of nitrogens with zero attached hydrogens (tertiary/aromatic N) is 1. The highest BCUT2D eigenvalue weighted by Gasteiger charge is 2.39. The first-order valence-electron chi connectivity index (χ1n) is 3.09. The lowest BCUT2D eigenvalue weighted by atomic mass is 10.1. The topological polar surface area (TPSA) is 105 Å². The van der Waals surface area contributed by atoms with Gasteiger partial charge in [-0.3, -0.25) is 4.79 Å². The van der Waals surface area contributed by atoms with Gasteiger partial charge in [-0.25, -0.2) is 0 Å². The van der Waals surface area contributed by atoms with Crippen molar-refractivity contribution < 1.29 is 19.8 Å². The smallest absolute Gasteiger partial charge is 0.324 e. The minimum absolute atomic E-state index is 0.184. The molecule has 0 bridgehead atoms. The predicted molar refractivity (Wildman–Crippen MR) is 39.8 cm³/mol. The van der Waals surface area contributed by atoms with Crippen LogP contribution in [0.4, 0.5) is 0 Å². The van der Waals surface area contributed by atoms with E-state index in [0.717, 1.165) is 0 Å². The lowest BCUT2D eigenvalue weighted by Crippen LogP contribution is -2.48. The molecule has 68 valence electrons. The number of aliphatic hydroxyl groups is 1. The Bertz CT molecular complexity index is 231. The molecule has 0 aromatic rings. The number of carboxylic acids is 1. The third-order valence-electron chi connectivity index (χ3n) is 1.46. The molecule has 1 unspecified atom stereocenters. The van der Waals surface area contributed by atoms with Gasteiger partial charge in [0, 0.05) is 0 Å². The van der Waals surface area contributed by atoms with Gasteiger partial charge in [0.2, 0.25) is 0 Å². The van der Waals surface area contributed by atoms with Gasteiger partial charge in [0.15, 0.2) is 17.4 Å². The molecule has 12 heavy (non-hydrogen) atoms. The maximum absolute atomic E-state index is 10.3. The van der Waals surface area contributed by atoms with Gasteiger partial charge in [-0.05, 0) is 0 Å². The average molecular weight is 195 g/mol. The van der Waals surface area contributed by atoms with Crippen LogP contribution in [0.5, 0.6) is 0 Å². The second kappa shape index (κ2) is 3.26. The monoisotopic (exact) mass is 194 g/mol. The summed E-state index contributed by atoms with van der Waals surface area (Å²) in [5.74, 6) is -1.28. The largest absolute Gasteiger partial charge is 0.480 e. The van der Waals surface area contributed by atoms with Gasteiger partial charge in [-0.15, -0.1) is 0 Å². The Morgan fingerprint density at radius 1 is 1.83 bits per heavy atom. The number of carboxylic acid groups (broad SMARTS) is 1. The molecular weight excluding hydrogens is 188 g/mol. The average Bonchev–Trinajstić information content (AvgIpc) is 2.32. The first kappa shape index (κ1) is 9.24. The summed E-state index contributed by atoms with van der Waals surface area (Å²) in [4.78, 5) is 14.8. The van der Waals surface area contributed by atoms with Gasteiger partial charge in [-0.2, -0.15) is 0 Å². The fourth-order valence-corrected chi connectivity index (χ4v) is 0.925. The summed E-state index contributed by atoms with van der Waals surface area (Å²) in [5.41, 5.74) is 5.16. The van der Waals surface area contributed by atoms with E-state index in [1.54, 1.807) is 0 Å². The summed E-state index contributed by atoms with van der Waals surface area (Å²) in [6.07, 6.45) is -2.35. The van der Waals surface area contributed by atoms with Crippen LogP contribution >= 0.6 is 11.6 Å². The molecule has 0 saturated carbocycles. The van der Waals surface area contributed by atoms with E-state index in [2.05, 4.69) is 9.99 Å². The molecule has 0 aromatic heterocycles. The first-order chi connectivity index (χ1) is 5.54. The van der Waals surface area contributed by atoms with Crippen LogP contribution in [-0.2, 0) is 9.63 Å². The van der Waals surface area contributed by atoms with Gasteiger partial charge in [0.05, 0.1) is 0 Å². The van der Waals surface area contributed by atoms with Crippen molar-refractivity contribution in [3.8, 4) is 0 Å². The number of aliphatic hydroxyl groups excluding tert-OH is 1. The summed E-state index contributed by atoms with van der Waals surface area (Å²) >= 11 is 5.33. The predicted octanol–water partition coefficient (Wildman–Crippen LogP) is -1.29. The van der Waals surface area contributed by atoms with Gasteiger partial charge < -0.3 is 20.8 Å². The fourth-order valence-electron chi connectivity index (χ4n) is 0.761. The zero-order valence-corrected chi connectivity index (χ0v) is 6.60. The van der Waals surface area contributed by atoms with Crippen LogP contribution in [-0.4, -0.2) is 39.6 Å². The quantitative estimate of drug-likeness (QED) is 0.507. The van der Waals surface area contributed by atoms with Crippen molar-refractivity contribution in [3.05, 3.63) is 0 Å². The van der Waals surface area contributed by atoms with Gasteiger partial charge in [0.25, 0.3) is 0 Å². The second-order valence-electron chi connectivity index (χ2n) is 2.29. The summed E-state index contributed by atoms with van der Waals surface area (Å²) in [5, 5.41) is 20.6. The highest BCUT2D eigenvalue weighted by Crippen LogP contribution is 2.16. The summed E-state index contributed by atoms with van der Waals surface area (Å²) in [6.45, 7) is 0. The Morgan fingerprint density at radius 3 is 2.75 bits per heavy atom. The molecule has 3 atom stereocenters. The summed E-state index contributed by atoms with van der Waals surface area (Å²) in [7, 11) is 0. The lowest BCUT2D eigenvalue weighted by molar-refractivity contribution is -0.143. The molecule has 1 aliphatic heterocycles.